The minimum Gasteiger partial charge on any atom is -0.296 e. The molecule has 0 atom stereocenters. The van der Waals surface area contributed by atoms with E-state index in [2.05, 4.69) is 30.6 Å². The molecule has 0 spiro atoms. The number of pyridine rings is 1. The molecule has 2 amide bonds. The summed E-state index contributed by atoms with van der Waals surface area (Å²) < 4.78 is 1.71. The molecule has 0 saturated heterocycles. The number of hydrogen-bond acceptors (Lipinski definition) is 6. The maximum atomic E-state index is 11.6. The van der Waals surface area contributed by atoms with Gasteiger partial charge >= 0.3 is 0 Å². The summed E-state index contributed by atoms with van der Waals surface area (Å²) in [5.41, 5.74) is 2.45. The molecule has 0 bridgehead atoms. The van der Waals surface area contributed by atoms with Crippen LogP contribution in [0, 0.1) is 0 Å². The van der Waals surface area contributed by atoms with Crippen molar-refractivity contribution in [3.63, 3.8) is 0 Å². The molecule has 140 valence electrons. The van der Waals surface area contributed by atoms with E-state index in [9.17, 15) is 9.59 Å². The van der Waals surface area contributed by atoms with Gasteiger partial charge in [-0.15, -0.1) is 0 Å². The Balaban J connectivity index is 2.08. The van der Waals surface area contributed by atoms with Crippen molar-refractivity contribution >= 4 is 51.9 Å². The van der Waals surface area contributed by atoms with Crippen LogP contribution in [0.5, 0.6) is 0 Å². The molecule has 0 unspecified atom stereocenters. The summed E-state index contributed by atoms with van der Waals surface area (Å²) in [4.78, 5) is 40.2. The van der Waals surface area contributed by atoms with E-state index < -0.39 is 0 Å². The van der Waals surface area contributed by atoms with E-state index >= 15 is 0 Å². The molecule has 0 aromatic carbocycles. The molecule has 0 radical (unpaired) electrons. The third kappa shape index (κ3) is 3.01. The van der Waals surface area contributed by atoms with Gasteiger partial charge in [-0.1, -0.05) is 11.6 Å². The van der Waals surface area contributed by atoms with E-state index in [4.69, 9.17) is 11.6 Å². The van der Waals surface area contributed by atoms with Crippen LogP contribution < -0.4 is 10.6 Å². The molecule has 4 rings (SSSR count). The normalized spacial score (nSPS) is 11.0. The quantitative estimate of drug-likeness (QED) is 0.551. The second kappa shape index (κ2) is 6.86. The summed E-state index contributed by atoms with van der Waals surface area (Å²) in [5.74, 6) is -0.0539. The van der Waals surface area contributed by atoms with Gasteiger partial charge in [0.2, 0.25) is 23.7 Å². The van der Waals surface area contributed by atoms with Gasteiger partial charge in [-0.25, -0.2) is 19.9 Å². The third-order valence-electron chi connectivity index (χ3n) is 3.97. The lowest BCUT2D eigenvalue weighted by atomic mass is 10.1. The Hall–Kier alpha value is -3.59. The van der Waals surface area contributed by atoms with E-state index in [0.29, 0.717) is 38.8 Å². The van der Waals surface area contributed by atoms with Crippen LogP contribution in [0.3, 0.4) is 0 Å². The zero-order chi connectivity index (χ0) is 19.8. The number of nitrogens with zero attached hydrogens (tertiary/aromatic N) is 5. The Morgan fingerprint density at radius 2 is 1.68 bits per heavy atom. The zero-order valence-corrected chi connectivity index (χ0v) is 15.7. The molecule has 4 aromatic heterocycles. The molecular weight excluding hydrogens is 382 g/mol. The van der Waals surface area contributed by atoms with Crippen LogP contribution in [-0.2, 0) is 9.59 Å². The van der Waals surface area contributed by atoms with Gasteiger partial charge in [-0.3, -0.25) is 24.6 Å². The average molecular weight is 396 g/mol. The van der Waals surface area contributed by atoms with Gasteiger partial charge in [-0.2, -0.15) is 0 Å². The van der Waals surface area contributed by atoms with Crippen LogP contribution in [0.4, 0.5) is 11.9 Å². The van der Waals surface area contributed by atoms with Crippen molar-refractivity contribution in [1.82, 2.24) is 24.3 Å². The van der Waals surface area contributed by atoms with E-state index in [1.54, 1.807) is 41.2 Å². The Bertz CT molecular complexity index is 1250. The molecule has 0 aliphatic carbocycles. The lowest BCUT2D eigenvalue weighted by molar-refractivity contribution is -0.115. The Labute approximate surface area is 163 Å². The number of rotatable bonds is 3. The fourth-order valence-corrected chi connectivity index (χ4v) is 3.25. The summed E-state index contributed by atoms with van der Waals surface area (Å²) in [6, 6.07) is 5.16. The summed E-state index contributed by atoms with van der Waals surface area (Å²) >= 11 is 6.49. The number of anilines is 2. The molecule has 0 aliphatic rings. The van der Waals surface area contributed by atoms with Crippen LogP contribution in [0.2, 0.25) is 5.02 Å². The van der Waals surface area contributed by atoms with Crippen LogP contribution in [0.25, 0.3) is 27.8 Å². The van der Waals surface area contributed by atoms with Crippen LogP contribution in [0.1, 0.15) is 13.8 Å². The second-order valence-corrected chi connectivity index (χ2v) is 6.39. The Kier molecular flexibility index (Phi) is 4.36. The molecular formula is C18H14ClN7O2. The number of nitrogens with one attached hydrogen (secondary N) is 2. The molecule has 0 fully saturated rings. The number of fused-ring (bicyclic) bond motifs is 3. The number of hydrogen-bond donors (Lipinski definition) is 2. The number of carbonyl (C=O) groups excluding carboxylic acids is 2. The van der Waals surface area contributed by atoms with Gasteiger partial charge < -0.3 is 0 Å². The highest BCUT2D eigenvalue weighted by Gasteiger charge is 2.21. The second-order valence-electron chi connectivity index (χ2n) is 5.98. The summed E-state index contributed by atoms with van der Waals surface area (Å²) in [6.07, 6.45) is 4.70. The van der Waals surface area contributed by atoms with Crippen LogP contribution >= 0.6 is 11.6 Å². The predicted octanol–water partition coefficient (Wildman–Crippen LogP) is 2.91. The summed E-state index contributed by atoms with van der Waals surface area (Å²) in [5, 5.41) is 6.39. The number of carbonyl (C=O) groups is 2. The molecule has 4 heterocycles. The molecule has 28 heavy (non-hydrogen) atoms. The highest BCUT2D eigenvalue weighted by molar-refractivity contribution is 6.37. The minimum absolute atomic E-state index is 0.175. The summed E-state index contributed by atoms with van der Waals surface area (Å²) in [7, 11) is 0. The third-order valence-corrected chi connectivity index (χ3v) is 4.28. The maximum Gasteiger partial charge on any atom is 0.229 e. The predicted molar refractivity (Wildman–Crippen MR) is 105 cm³/mol. The highest BCUT2D eigenvalue weighted by atomic mass is 35.5. The van der Waals surface area contributed by atoms with E-state index in [1.165, 1.54) is 13.8 Å². The Morgan fingerprint density at radius 3 is 2.43 bits per heavy atom. The molecule has 10 heteroatoms. The maximum absolute atomic E-state index is 11.6. The lowest BCUT2D eigenvalue weighted by Crippen LogP contribution is -2.11. The largest absolute Gasteiger partial charge is 0.296 e. The SMILES string of the molecule is CC(=O)Nc1nccc(-c2c3c(Cl)ccnc3n3c(NC(C)=O)nccc23)n1. The van der Waals surface area contributed by atoms with Crippen molar-refractivity contribution in [2.45, 2.75) is 13.8 Å². The van der Waals surface area contributed by atoms with Gasteiger partial charge in [0, 0.05) is 43.4 Å². The molecule has 0 saturated carbocycles. The van der Waals surface area contributed by atoms with Crippen molar-refractivity contribution in [3.8, 4) is 11.3 Å². The first kappa shape index (κ1) is 17.8. The number of aromatic nitrogens is 5. The summed E-state index contributed by atoms with van der Waals surface area (Å²) in [6.45, 7) is 2.78. The van der Waals surface area contributed by atoms with Crippen molar-refractivity contribution in [2.75, 3.05) is 10.6 Å². The van der Waals surface area contributed by atoms with Crippen molar-refractivity contribution in [2.24, 2.45) is 0 Å². The van der Waals surface area contributed by atoms with Gasteiger partial charge in [0.1, 0.15) is 5.65 Å². The van der Waals surface area contributed by atoms with Crippen LogP contribution in [0.15, 0.2) is 36.8 Å². The van der Waals surface area contributed by atoms with E-state index in [0.717, 1.165) is 0 Å². The van der Waals surface area contributed by atoms with Crippen molar-refractivity contribution < 1.29 is 9.59 Å². The first-order valence-corrected chi connectivity index (χ1v) is 8.65. The van der Waals surface area contributed by atoms with Crippen molar-refractivity contribution in [1.29, 1.82) is 0 Å². The smallest absolute Gasteiger partial charge is 0.229 e. The average Bonchev–Trinajstić information content (AvgIpc) is 2.98. The fraction of sp³-hybridized carbons (Fsp3) is 0.111. The minimum atomic E-state index is -0.277. The molecule has 4 aromatic rings. The Morgan fingerprint density at radius 1 is 0.964 bits per heavy atom. The number of halogens is 1. The monoisotopic (exact) mass is 395 g/mol. The van der Waals surface area contributed by atoms with Gasteiger partial charge in [-0.05, 0) is 18.2 Å². The first-order valence-electron chi connectivity index (χ1n) is 8.28. The fourth-order valence-electron chi connectivity index (χ4n) is 3.01. The molecule has 0 aliphatic heterocycles. The van der Waals surface area contributed by atoms with Gasteiger partial charge in [0.15, 0.2) is 0 Å². The standard InChI is InChI=1S/C18H14ClN7O2/c1-9(27)23-17-21-7-4-12(25-17)15-13-5-8-22-18(24-10(2)28)26(13)16-14(15)11(19)3-6-20-16/h3-8H,1-2H3,(H,22,24,28)(H,21,23,25,27). The topological polar surface area (TPSA) is 114 Å². The number of amides is 2. The van der Waals surface area contributed by atoms with Crippen molar-refractivity contribution in [3.05, 3.63) is 41.8 Å². The lowest BCUT2D eigenvalue weighted by Gasteiger charge is -2.06. The first-order chi connectivity index (χ1) is 13.5. The van der Waals surface area contributed by atoms with E-state index in [1.807, 2.05) is 0 Å². The highest BCUT2D eigenvalue weighted by Crippen LogP contribution is 2.38. The molecule has 2 N–H and O–H groups in total. The van der Waals surface area contributed by atoms with Gasteiger partial charge in [0.25, 0.3) is 0 Å². The van der Waals surface area contributed by atoms with E-state index in [-0.39, 0.29) is 17.8 Å². The van der Waals surface area contributed by atoms with Gasteiger partial charge in [0.05, 0.1) is 16.2 Å². The zero-order valence-electron chi connectivity index (χ0n) is 14.9. The molecule has 9 nitrogen and oxygen atoms in total. The van der Waals surface area contributed by atoms with Crippen LogP contribution in [-0.4, -0.2) is 36.2 Å².